The monoisotopic (exact) mass is 349 g/mol. The largest absolute Gasteiger partial charge is 0.491 e. The van der Waals surface area contributed by atoms with Crippen molar-refractivity contribution in [2.75, 3.05) is 0 Å². The predicted octanol–water partition coefficient (Wildman–Crippen LogP) is 3.58. The summed E-state index contributed by atoms with van der Waals surface area (Å²) in [6.45, 7) is 4.41. The smallest absolute Gasteiger partial charge is 0.249 e. The van der Waals surface area contributed by atoms with Crippen molar-refractivity contribution in [3.63, 3.8) is 0 Å². The standard InChI is InChI=1S/C21H23N3O2/c1-16(2)26-19-11-6-8-17(14-19)15-22-21(25)20(24-13-7-12-23-24)18-9-4-3-5-10-18/h3-14,16,20H,15H2,1-2H3,(H,22,25). The molecule has 1 heterocycles. The second-order valence-electron chi connectivity index (χ2n) is 6.33. The Morgan fingerprint density at radius 3 is 2.62 bits per heavy atom. The maximum atomic E-state index is 12.9. The first-order chi connectivity index (χ1) is 12.6. The number of hydrogen-bond donors (Lipinski definition) is 1. The fraction of sp³-hybridized carbons (Fsp3) is 0.238. The summed E-state index contributed by atoms with van der Waals surface area (Å²) in [5.74, 6) is 0.702. The van der Waals surface area contributed by atoms with Crippen LogP contribution in [0.5, 0.6) is 5.75 Å². The molecule has 0 aliphatic heterocycles. The Balaban J connectivity index is 1.73. The molecule has 0 fully saturated rings. The molecule has 0 saturated heterocycles. The summed E-state index contributed by atoms with van der Waals surface area (Å²) < 4.78 is 7.38. The van der Waals surface area contributed by atoms with E-state index in [1.54, 1.807) is 17.1 Å². The van der Waals surface area contributed by atoms with E-state index in [0.717, 1.165) is 16.9 Å². The number of carbonyl (C=O) groups is 1. The van der Waals surface area contributed by atoms with Gasteiger partial charge >= 0.3 is 0 Å². The fourth-order valence-electron chi connectivity index (χ4n) is 2.78. The lowest BCUT2D eigenvalue weighted by Crippen LogP contribution is -2.33. The zero-order valence-corrected chi connectivity index (χ0v) is 15.0. The van der Waals surface area contributed by atoms with Crippen molar-refractivity contribution in [1.82, 2.24) is 15.1 Å². The molecule has 134 valence electrons. The highest BCUT2D eigenvalue weighted by Gasteiger charge is 2.22. The highest BCUT2D eigenvalue weighted by Crippen LogP contribution is 2.19. The Morgan fingerprint density at radius 1 is 1.12 bits per heavy atom. The molecule has 3 aromatic rings. The predicted molar refractivity (Wildman–Crippen MR) is 101 cm³/mol. The minimum absolute atomic E-state index is 0.102. The van der Waals surface area contributed by atoms with Gasteiger partial charge in [-0.25, -0.2) is 0 Å². The summed E-state index contributed by atoms with van der Waals surface area (Å²) in [5, 5.41) is 7.26. The van der Waals surface area contributed by atoms with Gasteiger partial charge in [0.2, 0.25) is 5.91 Å². The molecule has 1 unspecified atom stereocenters. The Hall–Kier alpha value is -3.08. The Morgan fingerprint density at radius 2 is 1.92 bits per heavy atom. The SMILES string of the molecule is CC(C)Oc1cccc(CNC(=O)C(c2ccccc2)n2cccn2)c1. The van der Waals surface area contributed by atoms with Gasteiger partial charge in [-0.05, 0) is 43.2 Å². The lowest BCUT2D eigenvalue weighted by molar-refractivity contribution is -0.123. The first-order valence-electron chi connectivity index (χ1n) is 8.71. The first-order valence-corrected chi connectivity index (χ1v) is 8.71. The van der Waals surface area contributed by atoms with Gasteiger partial charge in [-0.2, -0.15) is 5.10 Å². The summed E-state index contributed by atoms with van der Waals surface area (Å²) in [4.78, 5) is 12.9. The van der Waals surface area contributed by atoms with Crippen LogP contribution in [0.25, 0.3) is 0 Å². The van der Waals surface area contributed by atoms with Gasteiger partial charge in [0.1, 0.15) is 5.75 Å². The van der Waals surface area contributed by atoms with Crippen molar-refractivity contribution in [3.8, 4) is 5.75 Å². The number of nitrogens with one attached hydrogen (secondary N) is 1. The molecule has 5 heteroatoms. The second kappa shape index (κ2) is 8.34. The van der Waals surface area contributed by atoms with Crippen LogP contribution in [0, 0.1) is 0 Å². The van der Waals surface area contributed by atoms with Crippen molar-refractivity contribution in [2.45, 2.75) is 32.5 Å². The van der Waals surface area contributed by atoms with Gasteiger partial charge in [0, 0.05) is 18.9 Å². The Bertz CT molecular complexity index is 829. The molecule has 5 nitrogen and oxygen atoms in total. The third-order valence-corrected chi connectivity index (χ3v) is 3.89. The molecule has 1 aromatic heterocycles. The van der Waals surface area contributed by atoms with Crippen molar-refractivity contribution < 1.29 is 9.53 Å². The van der Waals surface area contributed by atoms with Gasteiger partial charge in [-0.1, -0.05) is 42.5 Å². The number of ether oxygens (including phenoxy) is 1. The normalized spacial score (nSPS) is 12.0. The molecule has 1 N–H and O–H groups in total. The van der Waals surface area contributed by atoms with Crippen LogP contribution in [-0.2, 0) is 11.3 Å². The van der Waals surface area contributed by atoms with E-state index < -0.39 is 6.04 Å². The maximum absolute atomic E-state index is 12.9. The number of amides is 1. The van der Waals surface area contributed by atoms with Crippen molar-refractivity contribution in [3.05, 3.63) is 84.2 Å². The quantitative estimate of drug-likeness (QED) is 0.709. The van der Waals surface area contributed by atoms with Crippen molar-refractivity contribution in [1.29, 1.82) is 0 Å². The maximum Gasteiger partial charge on any atom is 0.249 e. The van der Waals surface area contributed by atoms with E-state index in [1.807, 2.05) is 74.5 Å². The number of carbonyl (C=O) groups excluding carboxylic acids is 1. The number of nitrogens with zero attached hydrogens (tertiary/aromatic N) is 2. The Kier molecular flexibility index (Phi) is 5.69. The van der Waals surface area contributed by atoms with E-state index in [-0.39, 0.29) is 12.0 Å². The zero-order valence-electron chi connectivity index (χ0n) is 15.0. The molecule has 0 saturated carbocycles. The summed E-state index contributed by atoms with van der Waals surface area (Å²) in [6, 6.07) is 18.7. The minimum atomic E-state index is -0.499. The lowest BCUT2D eigenvalue weighted by Gasteiger charge is -2.18. The molecule has 0 spiro atoms. The van der Waals surface area contributed by atoms with Gasteiger partial charge in [0.15, 0.2) is 6.04 Å². The summed E-state index contributed by atoms with van der Waals surface area (Å²) in [5.41, 5.74) is 1.88. The van der Waals surface area contributed by atoms with Crippen LogP contribution in [-0.4, -0.2) is 21.8 Å². The second-order valence-corrected chi connectivity index (χ2v) is 6.33. The third-order valence-electron chi connectivity index (χ3n) is 3.89. The van der Waals surface area contributed by atoms with E-state index in [1.165, 1.54) is 0 Å². The summed E-state index contributed by atoms with van der Waals surface area (Å²) >= 11 is 0. The van der Waals surface area contributed by atoms with Crippen LogP contribution in [0.3, 0.4) is 0 Å². The van der Waals surface area contributed by atoms with E-state index >= 15 is 0 Å². The molecular formula is C21H23N3O2. The zero-order chi connectivity index (χ0) is 18.4. The van der Waals surface area contributed by atoms with Crippen LogP contribution in [0.2, 0.25) is 0 Å². The molecule has 3 rings (SSSR count). The van der Waals surface area contributed by atoms with Crippen molar-refractivity contribution >= 4 is 5.91 Å². The first kappa shape index (κ1) is 17.7. The molecular weight excluding hydrogens is 326 g/mol. The van der Waals surface area contributed by atoms with Gasteiger partial charge in [0.25, 0.3) is 0 Å². The molecule has 2 aromatic carbocycles. The molecule has 1 amide bonds. The van der Waals surface area contributed by atoms with Crippen molar-refractivity contribution in [2.24, 2.45) is 0 Å². The summed E-state index contributed by atoms with van der Waals surface area (Å²) in [6.07, 6.45) is 3.59. The Labute approximate surface area is 153 Å². The minimum Gasteiger partial charge on any atom is -0.491 e. The van der Waals surface area contributed by atoms with E-state index in [9.17, 15) is 4.79 Å². The molecule has 0 aliphatic rings. The molecule has 1 atom stereocenters. The highest BCUT2D eigenvalue weighted by atomic mass is 16.5. The molecule has 0 radical (unpaired) electrons. The van der Waals surface area contributed by atoms with E-state index in [4.69, 9.17) is 4.74 Å². The van der Waals surface area contributed by atoms with E-state index in [0.29, 0.717) is 6.54 Å². The number of hydrogen-bond acceptors (Lipinski definition) is 3. The van der Waals surface area contributed by atoms with Gasteiger partial charge < -0.3 is 10.1 Å². The van der Waals surface area contributed by atoms with Crippen LogP contribution in [0.1, 0.15) is 31.0 Å². The molecule has 0 bridgehead atoms. The fourth-order valence-corrected chi connectivity index (χ4v) is 2.78. The average molecular weight is 349 g/mol. The van der Waals surface area contributed by atoms with Crippen LogP contribution in [0.15, 0.2) is 73.1 Å². The van der Waals surface area contributed by atoms with Crippen LogP contribution in [0.4, 0.5) is 0 Å². The number of rotatable bonds is 7. The number of benzene rings is 2. The van der Waals surface area contributed by atoms with E-state index in [2.05, 4.69) is 10.4 Å². The third kappa shape index (κ3) is 4.51. The topological polar surface area (TPSA) is 56.1 Å². The van der Waals surface area contributed by atoms with Gasteiger partial charge in [0.05, 0.1) is 6.10 Å². The van der Waals surface area contributed by atoms with Gasteiger partial charge in [-0.15, -0.1) is 0 Å². The summed E-state index contributed by atoms with van der Waals surface area (Å²) in [7, 11) is 0. The lowest BCUT2D eigenvalue weighted by atomic mass is 10.1. The highest BCUT2D eigenvalue weighted by molar-refractivity contribution is 5.83. The molecule has 0 aliphatic carbocycles. The van der Waals surface area contributed by atoms with Crippen LogP contribution < -0.4 is 10.1 Å². The molecule has 26 heavy (non-hydrogen) atoms. The van der Waals surface area contributed by atoms with Gasteiger partial charge in [-0.3, -0.25) is 9.48 Å². The average Bonchev–Trinajstić information content (AvgIpc) is 3.15. The van der Waals surface area contributed by atoms with Crippen LogP contribution >= 0.6 is 0 Å². The number of aromatic nitrogens is 2.